The van der Waals surface area contributed by atoms with E-state index in [0.29, 0.717) is 18.8 Å². The Morgan fingerprint density at radius 1 is 1.11 bits per heavy atom. The third kappa shape index (κ3) is 3.75. The summed E-state index contributed by atoms with van der Waals surface area (Å²) in [6.07, 6.45) is 6.51. The lowest BCUT2D eigenvalue weighted by atomic mass is 9.94. The predicted octanol–water partition coefficient (Wildman–Crippen LogP) is 0.967. The Labute approximate surface area is 164 Å². The van der Waals surface area contributed by atoms with Gasteiger partial charge in [0.25, 0.3) is 5.91 Å². The number of carbonyl (C=O) groups excluding carboxylic acids is 2. The number of hydrogen-bond acceptors (Lipinski definition) is 5. The van der Waals surface area contributed by atoms with Crippen LogP contribution >= 0.6 is 0 Å². The topological polar surface area (TPSA) is 92.4 Å². The van der Waals surface area contributed by atoms with Gasteiger partial charge in [0.05, 0.1) is 12.2 Å². The molecule has 2 fully saturated rings. The lowest BCUT2D eigenvalue weighted by Gasteiger charge is -2.27. The van der Waals surface area contributed by atoms with Crippen molar-refractivity contribution in [2.75, 3.05) is 26.2 Å². The summed E-state index contributed by atoms with van der Waals surface area (Å²) >= 11 is 0. The van der Waals surface area contributed by atoms with E-state index < -0.39 is 0 Å². The molecule has 0 bridgehead atoms. The Morgan fingerprint density at radius 2 is 1.93 bits per heavy atom. The van der Waals surface area contributed by atoms with Crippen LogP contribution in [0.15, 0.2) is 48.9 Å². The second kappa shape index (κ2) is 8.06. The molecule has 2 amide bonds. The minimum absolute atomic E-state index is 0.0925. The number of aryl methyl sites for hydroxylation is 1. The first-order valence-corrected chi connectivity index (χ1v) is 9.76. The zero-order valence-electron chi connectivity index (χ0n) is 15.8. The molecule has 4 rings (SSSR count). The molecule has 7 nitrogen and oxygen atoms in total. The molecule has 2 N–H and O–H groups in total. The van der Waals surface area contributed by atoms with Crippen LogP contribution in [0.1, 0.15) is 22.5 Å². The van der Waals surface area contributed by atoms with Gasteiger partial charge in [-0.2, -0.15) is 0 Å². The summed E-state index contributed by atoms with van der Waals surface area (Å²) in [6, 6.07) is 10.1. The van der Waals surface area contributed by atoms with E-state index in [4.69, 9.17) is 5.73 Å². The van der Waals surface area contributed by atoms with Crippen molar-refractivity contribution >= 4 is 11.8 Å². The van der Waals surface area contributed by atoms with E-state index in [1.54, 1.807) is 11.1 Å². The van der Waals surface area contributed by atoms with Crippen LogP contribution in [-0.2, 0) is 11.2 Å². The normalized spacial score (nSPS) is 24.3. The average molecular weight is 379 g/mol. The van der Waals surface area contributed by atoms with Crippen molar-refractivity contribution < 1.29 is 9.59 Å². The van der Waals surface area contributed by atoms with E-state index in [9.17, 15) is 9.59 Å². The number of amides is 2. The number of rotatable bonds is 6. The molecule has 3 heterocycles. The van der Waals surface area contributed by atoms with Gasteiger partial charge in [0.15, 0.2) is 0 Å². The van der Waals surface area contributed by atoms with E-state index in [-0.39, 0.29) is 29.7 Å². The lowest BCUT2D eigenvalue weighted by Crippen LogP contribution is -2.46. The van der Waals surface area contributed by atoms with Gasteiger partial charge in [-0.25, -0.2) is 4.98 Å². The lowest BCUT2D eigenvalue weighted by molar-refractivity contribution is -0.123. The van der Waals surface area contributed by atoms with Crippen LogP contribution in [-0.4, -0.2) is 63.8 Å². The maximum absolute atomic E-state index is 12.7. The molecule has 1 aromatic heterocycles. The SMILES string of the molecule is NC(=O)C1[C@@H]2CN(C(=O)c3cnccn3)CC2CN1CCCc1ccccc1. The molecule has 2 aliphatic heterocycles. The fraction of sp³-hybridized carbons (Fsp3) is 0.429. The first-order chi connectivity index (χ1) is 13.6. The number of likely N-dealkylation sites (tertiary alicyclic amines) is 2. The van der Waals surface area contributed by atoms with E-state index in [2.05, 4.69) is 27.0 Å². The van der Waals surface area contributed by atoms with E-state index in [0.717, 1.165) is 25.9 Å². The summed E-state index contributed by atoms with van der Waals surface area (Å²) in [5.41, 5.74) is 7.40. The zero-order valence-corrected chi connectivity index (χ0v) is 15.8. The highest BCUT2D eigenvalue weighted by molar-refractivity contribution is 5.92. The molecule has 0 saturated carbocycles. The quantitative estimate of drug-likeness (QED) is 0.807. The second-order valence-corrected chi connectivity index (χ2v) is 7.66. The van der Waals surface area contributed by atoms with Gasteiger partial charge in [-0.15, -0.1) is 0 Å². The maximum Gasteiger partial charge on any atom is 0.274 e. The van der Waals surface area contributed by atoms with Crippen molar-refractivity contribution in [1.29, 1.82) is 0 Å². The third-order valence-electron chi connectivity index (χ3n) is 5.87. The molecule has 3 atom stereocenters. The molecule has 1 aromatic carbocycles. The summed E-state index contributed by atoms with van der Waals surface area (Å²) in [6.45, 7) is 2.83. The monoisotopic (exact) mass is 379 g/mol. The number of benzene rings is 1. The van der Waals surface area contributed by atoms with E-state index in [1.165, 1.54) is 18.0 Å². The third-order valence-corrected chi connectivity index (χ3v) is 5.87. The Kier molecular flexibility index (Phi) is 5.34. The Bertz CT molecular complexity index is 829. The first kappa shape index (κ1) is 18.6. The number of fused-ring (bicyclic) bond motifs is 1. The van der Waals surface area contributed by atoms with Crippen molar-refractivity contribution in [2.45, 2.75) is 18.9 Å². The van der Waals surface area contributed by atoms with Crippen LogP contribution in [0, 0.1) is 11.8 Å². The molecule has 0 aliphatic carbocycles. The number of primary amides is 1. The largest absolute Gasteiger partial charge is 0.368 e. The minimum Gasteiger partial charge on any atom is -0.368 e. The van der Waals surface area contributed by atoms with Crippen molar-refractivity contribution in [1.82, 2.24) is 19.8 Å². The van der Waals surface area contributed by atoms with Crippen molar-refractivity contribution in [3.8, 4) is 0 Å². The van der Waals surface area contributed by atoms with Gasteiger partial charge in [0, 0.05) is 37.9 Å². The Morgan fingerprint density at radius 3 is 2.64 bits per heavy atom. The average Bonchev–Trinajstić information content (AvgIpc) is 3.26. The van der Waals surface area contributed by atoms with Crippen LogP contribution in [0.2, 0.25) is 0 Å². The van der Waals surface area contributed by atoms with Crippen LogP contribution in [0.4, 0.5) is 0 Å². The maximum atomic E-state index is 12.7. The Balaban J connectivity index is 1.37. The van der Waals surface area contributed by atoms with E-state index in [1.807, 2.05) is 18.2 Å². The van der Waals surface area contributed by atoms with Gasteiger partial charge in [-0.05, 0) is 30.9 Å². The van der Waals surface area contributed by atoms with Crippen LogP contribution < -0.4 is 5.73 Å². The number of carbonyl (C=O) groups is 2. The highest BCUT2D eigenvalue weighted by atomic mass is 16.2. The summed E-state index contributed by atoms with van der Waals surface area (Å²) in [5, 5.41) is 0. The summed E-state index contributed by atoms with van der Waals surface area (Å²) < 4.78 is 0. The molecular weight excluding hydrogens is 354 g/mol. The molecule has 7 heteroatoms. The molecule has 0 radical (unpaired) electrons. The summed E-state index contributed by atoms with van der Waals surface area (Å²) in [7, 11) is 0. The molecule has 2 aromatic rings. The predicted molar refractivity (Wildman–Crippen MR) is 104 cm³/mol. The van der Waals surface area contributed by atoms with Crippen molar-refractivity contribution in [2.24, 2.45) is 17.6 Å². The smallest absolute Gasteiger partial charge is 0.274 e. The van der Waals surface area contributed by atoms with Gasteiger partial charge in [0.2, 0.25) is 5.91 Å². The van der Waals surface area contributed by atoms with Gasteiger partial charge in [-0.1, -0.05) is 30.3 Å². The molecule has 2 unspecified atom stereocenters. The van der Waals surface area contributed by atoms with Crippen molar-refractivity contribution in [3.63, 3.8) is 0 Å². The second-order valence-electron chi connectivity index (χ2n) is 7.66. The summed E-state index contributed by atoms with van der Waals surface area (Å²) in [4.78, 5) is 36.9. The van der Waals surface area contributed by atoms with Crippen LogP contribution in [0.3, 0.4) is 0 Å². The standard InChI is InChI=1S/C21H25N5O2/c22-20(27)19-17-14-26(21(28)18-11-23-8-9-24-18)13-16(17)12-25(19)10-4-7-15-5-2-1-3-6-15/h1-3,5-6,8-9,11,16-17,19H,4,7,10,12-14H2,(H2,22,27)/t16?,17-,19?/m1/s1. The highest BCUT2D eigenvalue weighted by Gasteiger charge is 2.50. The molecule has 0 spiro atoms. The highest BCUT2D eigenvalue weighted by Crippen LogP contribution is 2.36. The zero-order chi connectivity index (χ0) is 19.5. The van der Waals surface area contributed by atoms with Crippen LogP contribution in [0.25, 0.3) is 0 Å². The fourth-order valence-electron chi connectivity index (χ4n) is 4.62. The fourth-order valence-corrected chi connectivity index (χ4v) is 4.62. The van der Waals surface area contributed by atoms with Gasteiger partial charge >= 0.3 is 0 Å². The van der Waals surface area contributed by atoms with Gasteiger partial charge < -0.3 is 10.6 Å². The first-order valence-electron chi connectivity index (χ1n) is 9.76. The summed E-state index contributed by atoms with van der Waals surface area (Å²) in [5.74, 6) is -0.0490. The van der Waals surface area contributed by atoms with Crippen molar-refractivity contribution in [3.05, 3.63) is 60.2 Å². The number of hydrogen-bond donors (Lipinski definition) is 1. The number of nitrogens with two attached hydrogens (primary N) is 1. The number of nitrogens with zero attached hydrogens (tertiary/aromatic N) is 4. The van der Waals surface area contributed by atoms with Gasteiger partial charge in [-0.3, -0.25) is 19.5 Å². The minimum atomic E-state index is -0.305. The van der Waals surface area contributed by atoms with Gasteiger partial charge in [0.1, 0.15) is 5.69 Å². The molecule has 2 saturated heterocycles. The molecule has 146 valence electrons. The molecule has 28 heavy (non-hydrogen) atoms. The molecular formula is C21H25N5O2. The Hall–Kier alpha value is -2.80. The van der Waals surface area contributed by atoms with Crippen LogP contribution in [0.5, 0.6) is 0 Å². The molecule has 2 aliphatic rings. The number of aromatic nitrogens is 2. The van der Waals surface area contributed by atoms with E-state index >= 15 is 0 Å².